The number of nitrogens with one attached hydrogen (secondary N) is 2. The maximum Gasteiger partial charge on any atom is 0.274 e. The van der Waals surface area contributed by atoms with Gasteiger partial charge in [0.25, 0.3) is 5.91 Å². The second-order valence-electron chi connectivity index (χ2n) is 5.43. The first kappa shape index (κ1) is 16.4. The molecule has 6 heteroatoms. The van der Waals surface area contributed by atoms with E-state index in [0.29, 0.717) is 11.6 Å². The Bertz CT molecular complexity index is 701. The van der Waals surface area contributed by atoms with Gasteiger partial charge in [0, 0.05) is 21.9 Å². The van der Waals surface area contributed by atoms with Crippen LogP contribution in [0.3, 0.4) is 0 Å². The molecule has 0 saturated heterocycles. The number of carbonyl (C=O) groups excluding carboxylic acids is 1. The van der Waals surface area contributed by atoms with Gasteiger partial charge in [-0.1, -0.05) is 15.9 Å². The molecular weight excluding hydrogens is 344 g/mol. The Hall–Kier alpha value is -1.95. The average Bonchev–Trinajstić information content (AvgIpc) is 2.40. The van der Waals surface area contributed by atoms with E-state index in [0.717, 1.165) is 21.4 Å². The molecule has 1 amide bonds. The molecule has 1 aromatic carbocycles. The van der Waals surface area contributed by atoms with Gasteiger partial charge in [0.1, 0.15) is 5.69 Å². The maximum absolute atomic E-state index is 12.4. The van der Waals surface area contributed by atoms with E-state index in [1.54, 1.807) is 6.07 Å². The van der Waals surface area contributed by atoms with Crippen LogP contribution in [0.5, 0.6) is 0 Å². The van der Waals surface area contributed by atoms with Crippen molar-refractivity contribution in [3.8, 4) is 0 Å². The first-order valence-electron chi connectivity index (χ1n) is 7.05. The summed E-state index contributed by atoms with van der Waals surface area (Å²) in [5.41, 5.74) is 2.84. The highest BCUT2D eigenvalue weighted by Crippen LogP contribution is 2.20. The number of aryl methyl sites for hydroxylation is 2. The molecule has 0 aliphatic heterocycles. The van der Waals surface area contributed by atoms with Gasteiger partial charge in [-0.3, -0.25) is 4.79 Å². The highest BCUT2D eigenvalue weighted by molar-refractivity contribution is 9.10. The van der Waals surface area contributed by atoms with Crippen LogP contribution in [0, 0.1) is 13.8 Å². The molecule has 0 unspecified atom stereocenters. The number of aromatic nitrogens is 2. The number of hydrogen-bond donors (Lipinski definition) is 2. The third-order valence-corrected chi connectivity index (χ3v) is 3.43. The molecule has 1 heterocycles. The fourth-order valence-electron chi connectivity index (χ4n) is 1.96. The molecule has 0 radical (unpaired) electrons. The Morgan fingerprint density at radius 2 is 1.91 bits per heavy atom. The summed E-state index contributed by atoms with van der Waals surface area (Å²) in [6.45, 7) is 7.78. The van der Waals surface area contributed by atoms with Crippen LogP contribution in [0.15, 0.2) is 28.7 Å². The molecule has 0 atom stereocenters. The van der Waals surface area contributed by atoms with Crippen molar-refractivity contribution < 1.29 is 4.79 Å². The second-order valence-corrected chi connectivity index (χ2v) is 6.35. The Balaban J connectivity index is 2.23. The maximum atomic E-state index is 12.4. The average molecular weight is 363 g/mol. The van der Waals surface area contributed by atoms with Gasteiger partial charge in [-0.2, -0.15) is 0 Å². The summed E-state index contributed by atoms with van der Waals surface area (Å²) in [5, 5.41) is 6.00. The van der Waals surface area contributed by atoms with E-state index in [4.69, 9.17) is 0 Å². The summed E-state index contributed by atoms with van der Waals surface area (Å²) < 4.78 is 0.976. The topological polar surface area (TPSA) is 66.9 Å². The third-order valence-electron chi connectivity index (χ3n) is 2.94. The van der Waals surface area contributed by atoms with Gasteiger partial charge in [0.15, 0.2) is 0 Å². The number of nitrogens with zero attached hydrogens (tertiary/aromatic N) is 2. The quantitative estimate of drug-likeness (QED) is 0.864. The number of benzene rings is 1. The summed E-state index contributed by atoms with van der Waals surface area (Å²) in [7, 11) is 0. The molecule has 2 N–H and O–H groups in total. The molecular formula is C16H19BrN4O. The van der Waals surface area contributed by atoms with Crippen LogP contribution in [0.2, 0.25) is 0 Å². The van der Waals surface area contributed by atoms with E-state index >= 15 is 0 Å². The van der Waals surface area contributed by atoms with Gasteiger partial charge in [0.2, 0.25) is 5.95 Å². The standard InChI is InChI=1S/C16H19BrN4O/c1-9(2)18-16-19-11(4)8-14(21-16)15(22)20-13-6-5-12(17)7-10(13)3/h5-9H,1-4H3,(H,20,22)(H,18,19,21). The van der Waals surface area contributed by atoms with Gasteiger partial charge in [0.05, 0.1) is 0 Å². The summed E-state index contributed by atoms with van der Waals surface area (Å²) in [5.74, 6) is 0.218. The zero-order valence-corrected chi connectivity index (χ0v) is 14.7. The van der Waals surface area contributed by atoms with Crippen LogP contribution >= 0.6 is 15.9 Å². The van der Waals surface area contributed by atoms with Crippen molar-refractivity contribution in [3.05, 3.63) is 45.7 Å². The van der Waals surface area contributed by atoms with E-state index in [2.05, 4.69) is 36.5 Å². The zero-order valence-electron chi connectivity index (χ0n) is 13.1. The van der Waals surface area contributed by atoms with Crippen LogP contribution in [-0.4, -0.2) is 21.9 Å². The van der Waals surface area contributed by atoms with Crippen molar-refractivity contribution in [2.45, 2.75) is 33.7 Å². The highest BCUT2D eigenvalue weighted by Gasteiger charge is 2.12. The lowest BCUT2D eigenvalue weighted by atomic mass is 10.2. The predicted molar refractivity (Wildman–Crippen MR) is 92.4 cm³/mol. The largest absolute Gasteiger partial charge is 0.352 e. The molecule has 2 aromatic rings. The van der Waals surface area contributed by atoms with Crippen molar-refractivity contribution in [2.24, 2.45) is 0 Å². The van der Waals surface area contributed by atoms with Crippen LogP contribution in [0.1, 0.15) is 35.6 Å². The SMILES string of the molecule is Cc1cc(C(=O)Nc2ccc(Br)cc2C)nc(NC(C)C)n1. The van der Waals surface area contributed by atoms with Gasteiger partial charge >= 0.3 is 0 Å². The number of carbonyl (C=O) groups is 1. The van der Waals surface area contributed by atoms with Crippen LogP contribution < -0.4 is 10.6 Å². The van der Waals surface area contributed by atoms with Crippen molar-refractivity contribution in [2.75, 3.05) is 10.6 Å². The number of halogens is 1. The number of anilines is 2. The molecule has 0 spiro atoms. The third kappa shape index (κ3) is 4.27. The molecule has 22 heavy (non-hydrogen) atoms. The van der Waals surface area contributed by atoms with E-state index in [9.17, 15) is 4.79 Å². The number of rotatable bonds is 4. The minimum absolute atomic E-state index is 0.200. The molecule has 116 valence electrons. The number of hydrogen-bond acceptors (Lipinski definition) is 4. The Kier molecular flexibility index (Phi) is 5.13. The smallest absolute Gasteiger partial charge is 0.274 e. The molecule has 5 nitrogen and oxygen atoms in total. The lowest BCUT2D eigenvalue weighted by molar-refractivity contribution is 0.102. The Morgan fingerprint density at radius 1 is 1.18 bits per heavy atom. The van der Waals surface area contributed by atoms with Crippen molar-refractivity contribution in [1.82, 2.24) is 9.97 Å². The first-order valence-corrected chi connectivity index (χ1v) is 7.84. The fraction of sp³-hybridized carbons (Fsp3) is 0.312. The van der Waals surface area contributed by atoms with E-state index in [1.165, 1.54) is 0 Å². The normalized spacial score (nSPS) is 10.6. The van der Waals surface area contributed by atoms with Crippen molar-refractivity contribution in [1.29, 1.82) is 0 Å². The summed E-state index contributed by atoms with van der Waals surface area (Å²) in [6, 6.07) is 7.58. The summed E-state index contributed by atoms with van der Waals surface area (Å²) in [4.78, 5) is 21.0. The molecule has 0 aliphatic carbocycles. The van der Waals surface area contributed by atoms with E-state index < -0.39 is 0 Å². The molecule has 2 rings (SSSR count). The minimum atomic E-state index is -0.247. The Morgan fingerprint density at radius 3 is 2.55 bits per heavy atom. The van der Waals surface area contributed by atoms with Crippen LogP contribution in [-0.2, 0) is 0 Å². The summed E-state index contributed by atoms with van der Waals surface area (Å²) in [6.07, 6.45) is 0. The first-order chi connectivity index (χ1) is 10.3. The molecule has 0 fully saturated rings. The lowest BCUT2D eigenvalue weighted by Crippen LogP contribution is -2.18. The fourth-order valence-corrected chi connectivity index (χ4v) is 2.44. The van der Waals surface area contributed by atoms with Gasteiger partial charge in [-0.15, -0.1) is 0 Å². The van der Waals surface area contributed by atoms with Crippen molar-refractivity contribution >= 4 is 33.5 Å². The van der Waals surface area contributed by atoms with Gasteiger partial charge < -0.3 is 10.6 Å². The Labute approximate surface area is 138 Å². The molecule has 0 saturated carbocycles. The monoisotopic (exact) mass is 362 g/mol. The summed E-state index contributed by atoms with van der Waals surface area (Å²) >= 11 is 3.41. The second kappa shape index (κ2) is 6.87. The van der Waals surface area contributed by atoms with Crippen LogP contribution in [0.25, 0.3) is 0 Å². The molecule has 0 aliphatic rings. The van der Waals surface area contributed by atoms with E-state index in [1.807, 2.05) is 45.9 Å². The minimum Gasteiger partial charge on any atom is -0.352 e. The molecule has 1 aromatic heterocycles. The van der Waals surface area contributed by atoms with Crippen LogP contribution in [0.4, 0.5) is 11.6 Å². The lowest BCUT2D eigenvalue weighted by Gasteiger charge is -2.12. The van der Waals surface area contributed by atoms with Gasteiger partial charge in [-0.05, 0) is 57.5 Å². The number of amides is 1. The van der Waals surface area contributed by atoms with Crippen molar-refractivity contribution in [3.63, 3.8) is 0 Å². The van der Waals surface area contributed by atoms with E-state index in [-0.39, 0.29) is 11.9 Å². The zero-order chi connectivity index (χ0) is 16.3. The highest BCUT2D eigenvalue weighted by atomic mass is 79.9. The molecule has 0 bridgehead atoms. The van der Waals surface area contributed by atoms with Gasteiger partial charge in [-0.25, -0.2) is 9.97 Å². The predicted octanol–water partition coefficient (Wildman–Crippen LogP) is 3.93.